The Kier molecular flexibility index (Phi) is 6.09. The third-order valence-electron chi connectivity index (χ3n) is 2.24. The van der Waals surface area contributed by atoms with E-state index in [1.54, 1.807) is 0 Å². The van der Waals surface area contributed by atoms with E-state index < -0.39 is 0 Å². The predicted molar refractivity (Wildman–Crippen MR) is 54.1 cm³/mol. The molecule has 1 nitrogen and oxygen atoms in total. The monoisotopic (exact) mass is 170 g/mol. The maximum Gasteiger partial charge on any atom is 0.0515 e. The van der Waals surface area contributed by atoms with E-state index in [0.29, 0.717) is 11.8 Å². The molecule has 0 amide bonds. The zero-order chi connectivity index (χ0) is 9.56. The molecule has 0 aliphatic rings. The highest BCUT2D eigenvalue weighted by atomic mass is 16.3. The van der Waals surface area contributed by atoms with Crippen LogP contribution in [-0.4, -0.2) is 11.2 Å². The normalized spacial score (nSPS) is 17.2. The second kappa shape index (κ2) is 6.24. The molecule has 0 rings (SSSR count). The van der Waals surface area contributed by atoms with Crippen LogP contribution in [-0.2, 0) is 0 Å². The van der Waals surface area contributed by atoms with Crippen LogP contribution in [0.5, 0.6) is 0 Å². The van der Waals surface area contributed by atoms with E-state index in [1.165, 1.54) is 0 Å². The lowest BCUT2D eigenvalue weighted by Crippen LogP contribution is -2.00. The third-order valence-corrected chi connectivity index (χ3v) is 2.24. The summed E-state index contributed by atoms with van der Waals surface area (Å²) in [5.41, 5.74) is 0. The van der Waals surface area contributed by atoms with Crippen molar-refractivity contribution in [1.29, 1.82) is 0 Å². The molecule has 0 aromatic carbocycles. The quantitative estimate of drug-likeness (QED) is 0.629. The Hall–Kier alpha value is -0.300. The van der Waals surface area contributed by atoms with Crippen LogP contribution in [0.1, 0.15) is 40.5 Å². The predicted octanol–water partition coefficient (Wildman–Crippen LogP) is 3.00. The molecule has 0 aromatic heterocycles. The van der Waals surface area contributed by atoms with Crippen molar-refractivity contribution in [2.24, 2.45) is 11.8 Å². The number of aliphatic hydroxyl groups is 1. The van der Waals surface area contributed by atoms with Crippen molar-refractivity contribution in [3.8, 4) is 0 Å². The number of hydrogen-bond donors (Lipinski definition) is 1. The molecular formula is C11H22O. The van der Waals surface area contributed by atoms with E-state index in [4.69, 9.17) is 5.11 Å². The van der Waals surface area contributed by atoms with Crippen LogP contribution in [0.2, 0.25) is 0 Å². The van der Waals surface area contributed by atoms with Gasteiger partial charge >= 0.3 is 0 Å². The minimum absolute atomic E-state index is 0.163. The van der Waals surface area contributed by atoms with Crippen molar-refractivity contribution in [1.82, 2.24) is 0 Å². The van der Waals surface area contributed by atoms with Crippen molar-refractivity contribution in [3.05, 3.63) is 12.2 Å². The molecule has 2 unspecified atom stereocenters. The van der Waals surface area contributed by atoms with Gasteiger partial charge in [0, 0.05) is 0 Å². The Morgan fingerprint density at radius 3 is 2.17 bits per heavy atom. The lowest BCUT2D eigenvalue weighted by atomic mass is 9.97. The fourth-order valence-corrected chi connectivity index (χ4v) is 0.871. The first-order valence-corrected chi connectivity index (χ1v) is 4.88. The second-order valence-electron chi connectivity index (χ2n) is 3.96. The highest BCUT2D eigenvalue weighted by molar-refractivity contribution is 4.87. The van der Waals surface area contributed by atoms with Gasteiger partial charge in [-0.2, -0.15) is 0 Å². The Labute approximate surface area is 76.5 Å². The van der Waals surface area contributed by atoms with Crippen LogP contribution < -0.4 is 0 Å². The summed E-state index contributed by atoms with van der Waals surface area (Å²) >= 11 is 0. The summed E-state index contributed by atoms with van der Waals surface area (Å²) < 4.78 is 0. The third kappa shape index (κ3) is 6.41. The van der Waals surface area contributed by atoms with Crippen LogP contribution in [0.3, 0.4) is 0 Å². The van der Waals surface area contributed by atoms with Crippen LogP contribution in [0.4, 0.5) is 0 Å². The van der Waals surface area contributed by atoms with Crippen molar-refractivity contribution in [2.45, 2.75) is 46.6 Å². The number of rotatable bonds is 5. The topological polar surface area (TPSA) is 20.2 Å². The van der Waals surface area contributed by atoms with E-state index >= 15 is 0 Å². The molecule has 0 aliphatic carbocycles. The summed E-state index contributed by atoms with van der Waals surface area (Å²) in [7, 11) is 0. The van der Waals surface area contributed by atoms with E-state index in [1.807, 2.05) is 6.92 Å². The summed E-state index contributed by atoms with van der Waals surface area (Å²) in [6.07, 6.45) is 6.13. The minimum Gasteiger partial charge on any atom is -0.393 e. The standard InChI is InChI=1S/C11H22O/c1-9(2)10(3)7-5-6-8-11(4)12/h5,7,9-12H,6,8H2,1-4H3/b7-5+. The molecule has 12 heavy (non-hydrogen) atoms. The molecule has 72 valence electrons. The number of aliphatic hydroxyl groups excluding tert-OH is 1. The summed E-state index contributed by atoms with van der Waals surface area (Å²) in [5, 5.41) is 8.99. The molecule has 0 saturated carbocycles. The van der Waals surface area contributed by atoms with Gasteiger partial charge in [-0.1, -0.05) is 32.9 Å². The molecule has 0 aromatic rings. The molecular weight excluding hydrogens is 148 g/mol. The van der Waals surface area contributed by atoms with E-state index in [2.05, 4.69) is 32.9 Å². The van der Waals surface area contributed by atoms with Crippen LogP contribution in [0, 0.1) is 11.8 Å². The maximum absolute atomic E-state index is 8.99. The molecule has 1 heteroatoms. The van der Waals surface area contributed by atoms with Crippen molar-refractivity contribution in [2.75, 3.05) is 0 Å². The fourth-order valence-electron chi connectivity index (χ4n) is 0.871. The Morgan fingerprint density at radius 2 is 1.75 bits per heavy atom. The van der Waals surface area contributed by atoms with Crippen molar-refractivity contribution < 1.29 is 5.11 Å². The molecule has 0 saturated heterocycles. The molecule has 1 N–H and O–H groups in total. The Balaban J connectivity index is 3.48. The molecule has 0 spiro atoms. The van der Waals surface area contributed by atoms with Gasteiger partial charge < -0.3 is 5.11 Å². The zero-order valence-electron chi connectivity index (χ0n) is 8.75. The van der Waals surface area contributed by atoms with Gasteiger partial charge in [0.2, 0.25) is 0 Å². The fraction of sp³-hybridized carbons (Fsp3) is 0.818. The van der Waals surface area contributed by atoms with Crippen molar-refractivity contribution in [3.63, 3.8) is 0 Å². The van der Waals surface area contributed by atoms with Crippen LogP contribution >= 0.6 is 0 Å². The summed E-state index contributed by atoms with van der Waals surface area (Å²) in [5.74, 6) is 1.37. The van der Waals surface area contributed by atoms with Crippen molar-refractivity contribution >= 4 is 0 Å². The highest BCUT2D eigenvalue weighted by Gasteiger charge is 2.01. The van der Waals surface area contributed by atoms with E-state index in [0.717, 1.165) is 12.8 Å². The van der Waals surface area contributed by atoms with Gasteiger partial charge in [0.05, 0.1) is 6.10 Å². The van der Waals surface area contributed by atoms with Gasteiger partial charge in [-0.15, -0.1) is 0 Å². The van der Waals surface area contributed by atoms with Crippen LogP contribution in [0.15, 0.2) is 12.2 Å². The molecule has 0 bridgehead atoms. The second-order valence-corrected chi connectivity index (χ2v) is 3.96. The van der Waals surface area contributed by atoms with Gasteiger partial charge in [0.25, 0.3) is 0 Å². The minimum atomic E-state index is -0.163. The van der Waals surface area contributed by atoms with Gasteiger partial charge in [0.15, 0.2) is 0 Å². The molecule has 2 atom stereocenters. The molecule has 0 aliphatic heterocycles. The van der Waals surface area contributed by atoms with E-state index in [-0.39, 0.29) is 6.10 Å². The van der Waals surface area contributed by atoms with Gasteiger partial charge in [-0.05, 0) is 31.6 Å². The molecule has 0 radical (unpaired) electrons. The van der Waals surface area contributed by atoms with E-state index in [9.17, 15) is 0 Å². The average molecular weight is 170 g/mol. The highest BCUT2D eigenvalue weighted by Crippen LogP contribution is 2.11. The van der Waals surface area contributed by atoms with Gasteiger partial charge in [-0.25, -0.2) is 0 Å². The summed E-state index contributed by atoms with van der Waals surface area (Å²) in [6, 6.07) is 0. The molecule has 0 heterocycles. The smallest absolute Gasteiger partial charge is 0.0515 e. The summed E-state index contributed by atoms with van der Waals surface area (Å²) in [4.78, 5) is 0. The number of hydrogen-bond acceptors (Lipinski definition) is 1. The molecule has 0 fully saturated rings. The van der Waals surface area contributed by atoms with Crippen LogP contribution in [0.25, 0.3) is 0 Å². The SMILES string of the molecule is CC(O)CC/C=C/C(C)C(C)C. The first-order valence-electron chi connectivity index (χ1n) is 4.88. The largest absolute Gasteiger partial charge is 0.393 e. The van der Waals surface area contributed by atoms with Gasteiger partial charge in [-0.3, -0.25) is 0 Å². The first kappa shape index (κ1) is 11.7. The Bertz CT molecular complexity index is 125. The first-order chi connectivity index (χ1) is 5.54. The van der Waals surface area contributed by atoms with Gasteiger partial charge in [0.1, 0.15) is 0 Å². The number of allylic oxidation sites excluding steroid dienone is 2. The zero-order valence-corrected chi connectivity index (χ0v) is 8.75. The maximum atomic E-state index is 8.99. The summed E-state index contributed by atoms with van der Waals surface area (Å²) in [6.45, 7) is 8.51. The lowest BCUT2D eigenvalue weighted by molar-refractivity contribution is 0.186. The Morgan fingerprint density at radius 1 is 1.17 bits per heavy atom. The average Bonchev–Trinajstić information content (AvgIpc) is 1.97. The lowest BCUT2D eigenvalue weighted by Gasteiger charge is -2.09.